The molecule has 1 atom stereocenters. The number of nitrogens with zero attached hydrogens (tertiary/aromatic N) is 2. The van der Waals surface area contributed by atoms with Crippen molar-refractivity contribution in [2.24, 2.45) is 0 Å². The minimum atomic E-state index is -3.33. The van der Waals surface area contributed by atoms with Crippen LogP contribution >= 0.6 is 0 Å². The first kappa shape index (κ1) is 18.0. The van der Waals surface area contributed by atoms with Gasteiger partial charge >= 0.3 is 0 Å². The number of oxazole rings is 1. The van der Waals surface area contributed by atoms with Gasteiger partial charge in [0.15, 0.2) is 5.58 Å². The molecular formula is C20H23N3O3S. The second-order valence-corrected chi connectivity index (χ2v) is 8.78. The Bertz CT molecular complexity index is 968. The third-order valence-electron chi connectivity index (χ3n) is 4.95. The van der Waals surface area contributed by atoms with Gasteiger partial charge in [-0.05, 0) is 37.0 Å². The van der Waals surface area contributed by atoms with Crippen molar-refractivity contribution in [1.29, 1.82) is 0 Å². The predicted octanol–water partition coefficient (Wildman–Crippen LogP) is 2.96. The van der Waals surface area contributed by atoms with E-state index in [1.165, 1.54) is 0 Å². The highest BCUT2D eigenvalue weighted by atomic mass is 32.2. The van der Waals surface area contributed by atoms with E-state index in [0.717, 1.165) is 36.0 Å². The van der Waals surface area contributed by atoms with E-state index in [1.807, 2.05) is 54.6 Å². The van der Waals surface area contributed by atoms with E-state index < -0.39 is 10.0 Å². The summed E-state index contributed by atoms with van der Waals surface area (Å²) in [6, 6.07) is 17.9. The number of fused-ring (bicyclic) bond motifs is 1. The fourth-order valence-corrected chi connectivity index (χ4v) is 4.57. The van der Waals surface area contributed by atoms with Crippen LogP contribution in [0.5, 0.6) is 0 Å². The Morgan fingerprint density at radius 1 is 1.11 bits per heavy atom. The van der Waals surface area contributed by atoms with Crippen LogP contribution in [0, 0.1) is 0 Å². The molecule has 6 nitrogen and oxygen atoms in total. The molecule has 0 radical (unpaired) electrons. The molecule has 0 saturated carbocycles. The lowest BCUT2D eigenvalue weighted by Crippen LogP contribution is -2.41. The second-order valence-electron chi connectivity index (χ2n) is 6.86. The molecule has 3 aromatic rings. The smallest absolute Gasteiger partial charge is 0.298 e. The molecule has 0 aliphatic carbocycles. The first-order valence-corrected chi connectivity index (χ1v) is 10.9. The highest BCUT2D eigenvalue weighted by Gasteiger charge is 2.29. The average molecular weight is 385 g/mol. The molecular weight excluding hydrogens is 362 g/mol. The van der Waals surface area contributed by atoms with Gasteiger partial charge in [-0.1, -0.05) is 42.5 Å². The van der Waals surface area contributed by atoms with Crippen LogP contribution in [-0.4, -0.2) is 38.3 Å². The number of aryl methyl sites for hydroxylation is 1. The van der Waals surface area contributed by atoms with Crippen LogP contribution < -0.4 is 9.62 Å². The maximum atomic E-state index is 12.4. The van der Waals surface area contributed by atoms with Gasteiger partial charge in [-0.3, -0.25) is 0 Å². The number of sulfonamides is 1. The molecule has 0 spiro atoms. The van der Waals surface area contributed by atoms with E-state index in [2.05, 4.69) is 14.6 Å². The van der Waals surface area contributed by atoms with Gasteiger partial charge in [-0.2, -0.15) is 4.98 Å². The Balaban J connectivity index is 1.38. The van der Waals surface area contributed by atoms with Gasteiger partial charge in [0.25, 0.3) is 6.01 Å². The Hall–Kier alpha value is -2.38. The molecule has 0 bridgehead atoms. The van der Waals surface area contributed by atoms with E-state index in [0.29, 0.717) is 19.0 Å². The van der Waals surface area contributed by atoms with Crippen molar-refractivity contribution in [3.8, 4) is 0 Å². The van der Waals surface area contributed by atoms with Crippen molar-refractivity contribution in [1.82, 2.24) is 9.71 Å². The largest absolute Gasteiger partial charge is 0.423 e. The summed E-state index contributed by atoms with van der Waals surface area (Å²) in [6.45, 7) is 1.19. The third-order valence-corrected chi connectivity index (χ3v) is 6.29. The number of rotatable bonds is 7. The Labute approximate surface area is 159 Å². The fraction of sp³-hybridized carbons (Fsp3) is 0.350. The fourth-order valence-electron chi connectivity index (χ4n) is 3.47. The molecule has 1 N–H and O–H groups in total. The average Bonchev–Trinajstić information content (AvgIpc) is 3.32. The van der Waals surface area contributed by atoms with Crippen molar-refractivity contribution in [2.45, 2.75) is 25.3 Å². The monoisotopic (exact) mass is 385 g/mol. The van der Waals surface area contributed by atoms with Gasteiger partial charge < -0.3 is 9.32 Å². The molecule has 1 aliphatic rings. The maximum Gasteiger partial charge on any atom is 0.298 e. The van der Waals surface area contributed by atoms with Crippen molar-refractivity contribution in [2.75, 3.05) is 23.7 Å². The predicted molar refractivity (Wildman–Crippen MR) is 106 cm³/mol. The minimum Gasteiger partial charge on any atom is -0.423 e. The van der Waals surface area contributed by atoms with E-state index >= 15 is 0 Å². The molecule has 1 aromatic heterocycles. The molecule has 7 heteroatoms. The Morgan fingerprint density at radius 3 is 2.70 bits per heavy atom. The van der Waals surface area contributed by atoms with Gasteiger partial charge in [0.2, 0.25) is 10.0 Å². The summed E-state index contributed by atoms with van der Waals surface area (Å²) in [7, 11) is -3.33. The zero-order valence-electron chi connectivity index (χ0n) is 15.0. The number of para-hydroxylation sites is 2. The second kappa shape index (κ2) is 7.70. The van der Waals surface area contributed by atoms with Crippen molar-refractivity contribution >= 4 is 27.1 Å². The Kier molecular flexibility index (Phi) is 5.13. The molecule has 2 heterocycles. The molecule has 1 unspecified atom stereocenters. The van der Waals surface area contributed by atoms with E-state index in [1.54, 1.807) is 0 Å². The summed E-state index contributed by atoms with van der Waals surface area (Å²) >= 11 is 0. The maximum absolute atomic E-state index is 12.4. The van der Waals surface area contributed by atoms with Crippen LogP contribution in [0.1, 0.15) is 18.4 Å². The first-order valence-electron chi connectivity index (χ1n) is 9.24. The quantitative estimate of drug-likeness (QED) is 0.677. The molecule has 1 saturated heterocycles. The molecule has 1 aliphatic heterocycles. The van der Waals surface area contributed by atoms with Crippen LogP contribution in [0.3, 0.4) is 0 Å². The van der Waals surface area contributed by atoms with Gasteiger partial charge in [-0.15, -0.1) is 0 Å². The van der Waals surface area contributed by atoms with Crippen LogP contribution in [0.4, 0.5) is 6.01 Å². The van der Waals surface area contributed by atoms with E-state index in [-0.39, 0.29) is 11.8 Å². The first-order chi connectivity index (χ1) is 13.1. The molecule has 2 aromatic carbocycles. The van der Waals surface area contributed by atoms with Crippen LogP contribution in [0.2, 0.25) is 0 Å². The van der Waals surface area contributed by atoms with Crippen LogP contribution in [0.15, 0.2) is 59.0 Å². The highest BCUT2D eigenvalue weighted by molar-refractivity contribution is 7.89. The molecule has 142 valence electrons. The summed E-state index contributed by atoms with van der Waals surface area (Å²) in [5.74, 6) is 0.0899. The summed E-state index contributed by atoms with van der Waals surface area (Å²) < 4.78 is 33.4. The lowest BCUT2D eigenvalue weighted by Gasteiger charge is -2.23. The van der Waals surface area contributed by atoms with Gasteiger partial charge in [0.1, 0.15) is 5.52 Å². The number of anilines is 1. The summed E-state index contributed by atoms with van der Waals surface area (Å²) in [5.41, 5.74) is 2.60. The molecule has 0 amide bonds. The lowest BCUT2D eigenvalue weighted by atomic mass is 10.2. The van der Waals surface area contributed by atoms with Gasteiger partial charge in [0.05, 0.1) is 5.75 Å². The number of nitrogens with one attached hydrogen (secondary N) is 1. The SMILES string of the molecule is O=S(=O)(CCc1ccccc1)NCC1CCCN1c1nc2ccccc2o1. The molecule has 4 rings (SSSR count). The van der Waals surface area contributed by atoms with Crippen molar-refractivity contribution in [3.05, 3.63) is 60.2 Å². The van der Waals surface area contributed by atoms with Crippen LogP contribution in [0.25, 0.3) is 11.1 Å². The zero-order chi connectivity index (χ0) is 18.7. The molecule has 27 heavy (non-hydrogen) atoms. The topological polar surface area (TPSA) is 75.4 Å². The third kappa shape index (κ3) is 4.31. The number of benzene rings is 2. The zero-order valence-corrected chi connectivity index (χ0v) is 15.9. The normalized spacial score (nSPS) is 17.6. The van der Waals surface area contributed by atoms with Gasteiger partial charge in [0, 0.05) is 19.1 Å². The Morgan fingerprint density at radius 2 is 1.89 bits per heavy atom. The lowest BCUT2D eigenvalue weighted by molar-refractivity contribution is 0.533. The van der Waals surface area contributed by atoms with Crippen molar-refractivity contribution in [3.63, 3.8) is 0 Å². The number of hydrogen-bond acceptors (Lipinski definition) is 5. The number of aromatic nitrogens is 1. The summed E-state index contributed by atoms with van der Waals surface area (Å²) in [5, 5.41) is 0. The van der Waals surface area contributed by atoms with E-state index in [4.69, 9.17) is 4.42 Å². The van der Waals surface area contributed by atoms with Crippen LogP contribution in [-0.2, 0) is 16.4 Å². The molecule has 1 fully saturated rings. The number of hydrogen-bond donors (Lipinski definition) is 1. The minimum absolute atomic E-state index is 0.0598. The van der Waals surface area contributed by atoms with Gasteiger partial charge in [-0.25, -0.2) is 13.1 Å². The standard InChI is InChI=1S/C20H23N3O3S/c24-27(25,14-12-16-7-2-1-3-8-16)21-15-17-9-6-13-23(17)20-22-18-10-4-5-11-19(18)26-20/h1-5,7-8,10-11,17,21H,6,9,12-15H2. The summed E-state index contributed by atoms with van der Waals surface area (Å²) in [4.78, 5) is 6.62. The van der Waals surface area contributed by atoms with E-state index in [9.17, 15) is 8.42 Å². The summed E-state index contributed by atoms with van der Waals surface area (Å²) in [6.07, 6.45) is 2.42. The van der Waals surface area contributed by atoms with Crippen molar-refractivity contribution < 1.29 is 12.8 Å². The highest BCUT2D eigenvalue weighted by Crippen LogP contribution is 2.28.